The summed E-state index contributed by atoms with van der Waals surface area (Å²) in [7, 11) is 1.56. The number of aromatic nitrogens is 1. The van der Waals surface area contributed by atoms with Crippen molar-refractivity contribution in [3.63, 3.8) is 0 Å². The molecular weight excluding hydrogens is 1120 g/mol. The number of likely N-dealkylation sites (tertiary alicyclic amines) is 1. The van der Waals surface area contributed by atoms with E-state index >= 15 is 0 Å². The molecule has 0 unspecified atom stereocenters. The number of phenolic OH excluding ortho intramolecular Hbond substituents is 1. The molecule has 470 valence electrons. The molecule has 4 aromatic rings. The van der Waals surface area contributed by atoms with Gasteiger partial charge in [-0.2, -0.15) is 0 Å². The van der Waals surface area contributed by atoms with Gasteiger partial charge in [0.1, 0.15) is 48.0 Å². The molecule has 87 heavy (non-hydrogen) atoms. The summed E-state index contributed by atoms with van der Waals surface area (Å²) in [5.74, 6) is -8.32. The molecule has 0 spiro atoms. The highest BCUT2D eigenvalue weighted by Crippen LogP contribution is 2.23. The highest BCUT2D eigenvalue weighted by atomic mass is 16.3. The second-order valence-corrected chi connectivity index (χ2v) is 21.9. The van der Waals surface area contributed by atoms with E-state index in [9.17, 15) is 63.3 Å². The molecule has 1 fully saturated rings. The van der Waals surface area contributed by atoms with Gasteiger partial charge in [0.05, 0.1) is 24.7 Å². The minimum Gasteiger partial charge on any atom is -0.508 e. The molecule has 2 heterocycles. The number of hydrogen-bond acceptors (Lipinski definition) is 14. The summed E-state index contributed by atoms with van der Waals surface area (Å²) in [5.41, 5.74) is 14.1. The summed E-state index contributed by atoms with van der Waals surface area (Å²) < 4.78 is 0. The van der Waals surface area contributed by atoms with Crippen LogP contribution in [0.15, 0.2) is 97.2 Å². The average molecular weight is 1210 g/mol. The van der Waals surface area contributed by atoms with Crippen molar-refractivity contribution in [3.8, 4) is 5.75 Å². The Labute approximate surface area is 503 Å². The lowest BCUT2D eigenvalue weighted by Gasteiger charge is -2.30. The highest BCUT2D eigenvalue weighted by Gasteiger charge is 2.43. The number of carbonyl (C=O) groups is 10. The van der Waals surface area contributed by atoms with Crippen LogP contribution in [-0.4, -0.2) is 171 Å². The van der Waals surface area contributed by atoms with E-state index in [2.05, 4.69) is 52.8 Å². The Bertz CT molecular complexity index is 3080. The SMILES string of the molecule is CNC(=N)NCCC[C@H](NC(=O)[C@H](CC(C)C)NC(=O)C/C=C/[C@H](Cc1ccccc1)NC(=O)[C@@H](NC(=O)[C@H](CC(N)=O)NC(=O)[C@@H]1C[C@@H](O)CN1C(=O)[C@@H](Cc1ccc(O)cc1)NC(C)=O)[C@@H](C)O)C(=O)N[C@@H](Cc1c[nH]c2ccccc12)C(N)=O. The maximum absolute atomic E-state index is 14.1. The number of phenols is 1. The van der Waals surface area contributed by atoms with Crippen LogP contribution in [0.4, 0.5) is 0 Å². The van der Waals surface area contributed by atoms with E-state index in [-0.39, 0.29) is 75.7 Å². The first kappa shape index (κ1) is 68.4. The first-order valence-corrected chi connectivity index (χ1v) is 28.7. The van der Waals surface area contributed by atoms with Crippen molar-refractivity contribution >= 4 is 75.9 Å². The van der Waals surface area contributed by atoms with Crippen molar-refractivity contribution in [2.24, 2.45) is 17.4 Å². The predicted molar refractivity (Wildman–Crippen MR) is 321 cm³/mol. The van der Waals surface area contributed by atoms with Crippen molar-refractivity contribution < 1.29 is 63.3 Å². The fourth-order valence-corrected chi connectivity index (χ4v) is 9.92. The molecule has 0 saturated carbocycles. The number of para-hydroxylation sites is 1. The van der Waals surface area contributed by atoms with Gasteiger partial charge in [-0.25, -0.2) is 0 Å². The number of carbonyl (C=O) groups excluding carboxylic acids is 10. The monoisotopic (exact) mass is 1210 g/mol. The van der Waals surface area contributed by atoms with E-state index in [4.69, 9.17) is 16.9 Å². The average Bonchev–Trinajstić information content (AvgIpc) is 2.36. The van der Waals surface area contributed by atoms with Crippen LogP contribution in [0.2, 0.25) is 0 Å². The summed E-state index contributed by atoms with van der Waals surface area (Å²) in [6, 6.07) is 11.6. The number of H-pyrrole nitrogens is 1. The zero-order valence-electron chi connectivity index (χ0n) is 49.4. The Hall–Kier alpha value is -9.37. The van der Waals surface area contributed by atoms with Gasteiger partial charge in [-0.15, -0.1) is 0 Å². The number of primary amides is 2. The van der Waals surface area contributed by atoms with Gasteiger partial charge < -0.3 is 84.5 Å². The number of aliphatic hydroxyl groups excluding tert-OH is 2. The van der Waals surface area contributed by atoms with E-state index in [1.54, 1.807) is 43.6 Å². The van der Waals surface area contributed by atoms with Gasteiger partial charge in [0, 0.05) is 69.8 Å². The Morgan fingerprint density at radius 2 is 1.38 bits per heavy atom. The van der Waals surface area contributed by atoms with Crippen molar-refractivity contribution in [1.82, 2.24) is 57.7 Å². The van der Waals surface area contributed by atoms with Crippen molar-refractivity contribution in [1.29, 1.82) is 5.41 Å². The van der Waals surface area contributed by atoms with Gasteiger partial charge in [-0.3, -0.25) is 53.4 Å². The maximum Gasteiger partial charge on any atom is 0.246 e. The number of nitrogens with two attached hydrogens (primary N) is 2. The standard InChI is InChI=1S/C60H82N14O13/c1-33(2)25-46(55(83)70-44(18-12-24-65-60(63)64-5)54(82)71-45(53(62)81)28-38-31-66-43-17-10-9-16-42(38)43)69-51(80)19-11-15-39(26-36-13-7-6-8-14-36)68-58(86)52(34(3)75)73-56(84)47(30-50(61)79)72-57(85)49-29-41(78)32-74(49)59(87)48(67-35(4)76)27-37-20-22-40(77)23-21-37/h6-11,13-17,20-23,31,33-34,39,41,44-49,52,66,75,77-78H,12,18-19,24-30,32H2,1-5H3,(H2,61,79)(H2,62,81)(H,67,76)(H,68,86)(H,69,80)(H,70,83)(H,71,82)(H,72,85)(H,73,84)(H3,63,64,65)/b15-11+/t34-,39-,41-,44+,45+,46+,47+,48-,49+,52+/m1/s1. The van der Waals surface area contributed by atoms with E-state index in [1.807, 2.05) is 38.1 Å². The minimum atomic E-state index is -1.76. The van der Waals surface area contributed by atoms with Crippen LogP contribution in [0.3, 0.4) is 0 Å². The number of amides is 10. The molecule has 18 N–H and O–H groups in total. The smallest absolute Gasteiger partial charge is 0.246 e. The summed E-state index contributed by atoms with van der Waals surface area (Å²) in [6.07, 6.45) is 1.12. The zero-order chi connectivity index (χ0) is 63.9. The normalized spacial score (nSPS) is 16.6. The molecule has 1 saturated heterocycles. The van der Waals surface area contributed by atoms with Crippen molar-refractivity contribution in [2.45, 2.75) is 146 Å². The molecule has 3 aromatic carbocycles. The van der Waals surface area contributed by atoms with Crippen LogP contribution in [0, 0.1) is 11.3 Å². The van der Waals surface area contributed by atoms with Gasteiger partial charge in [-0.05, 0) is 73.4 Å². The Morgan fingerprint density at radius 1 is 0.736 bits per heavy atom. The number of guanidine groups is 1. The van der Waals surface area contributed by atoms with E-state index in [0.717, 1.165) is 26.9 Å². The number of fused-ring (bicyclic) bond motifs is 1. The lowest BCUT2D eigenvalue weighted by molar-refractivity contribution is -0.142. The molecule has 0 radical (unpaired) electrons. The van der Waals surface area contributed by atoms with Crippen molar-refractivity contribution in [3.05, 3.63) is 114 Å². The Balaban J connectivity index is 1.28. The van der Waals surface area contributed by atoms with Crippen LogP contribution < -0.4 is 59.3 Å². The summed E-state index contributed by atoms with van der Waals surface area (Å²) in [4.78, 5) is 139. The number of β-amino-alcohol motifs (C(OH)–C–C–N with tert-alkyl or cyclic N) is 1. The largest absolute Gasteiger partial charge is 0.508 e. The number of hydrogen-bond donors (Lipinski definition) is 16. The minimum absolute atomic E-state index is 0.0336. The third-order valence-electron chi connectivity index (χ3n) is 14.3. The van der Waals surface area contributed by atoms with Gasteiger partial charge in [0.2, 0.25) is 59.1 Å². The van der Waals surface area contributed by atoms with Gasteiger partial charge in [0.15, 0.2) is 5.96 Å². The maximum atomic E-state index is 14.1. The molecule has 27 nitrogen and oxygen atoms in total. The fraction of sp³-hybridized carbons (Fsp3) is 0.450. The van der Waals surface area contributed by atoms with Crippen LogP contribution >= 0.6 is 0 Å². The first-order valence-electron chi connectivity index (χ1n) is 28.7. The van der Waals surface area contributed by atoms with Crippen LogP contribution in [0.5, 0.6) is 5.75 Å². The fourth-order valence-electron chi connectivity index (χ4n) is 9.92. The summed E-state index contributed by atoms with van der Waals surface area (Å²) in [6.45, 7) is 6.00. The number of aliphatic hydroxyl groups is 2. The molecule has 5 rings (SSSR count). The molecule has 0 aliphatic carbocycles. The lowest BCUT2D eigenvalue weighted by Crippen LogP contribution is -2.60. The number of aromatic hydroxyl groups is 1. The quantitative estimate of drug-likeness (QED) is 0.0115. The zero-order valence-corrected chi connectivity index (χ0v) is 49.4. The van der Waals surface area contributed by atoms with Crippen LogP contribution in [0.25, 0.3) is 10.9 Å². The molecule has 10 atom stereocenters. The first-order chi connectivity index (χ1) is 41.3. The summed E-state index contributed by atoms with van der Waals surface area (Å²) >= 11 is 0. The predicted octanol–water partition coefficient (Wildman–Crippen LogP) is -1.47. The number of aromatic amines is 1. The van der Waals surface area contributed by atoms with E-state index in [0.29, 0.717) is 12.0 Å². The van der Waals surface area contributed by atoms with Gasteiger partial charge in [0.25, 0.3) is 0 Å². The van der Waals surface area contributed by atoms with Crippen LogP contribution in [-0.2, 0) is 67.2 Å². The molecule has 1 aliphatic heterocycles. The second kappa shape index (κ2) is 33.4. The number of benzene rings is 3. The molecule has 1 aliphatic rings. The molecule has 27 heteroatoms. The molecule has 10 amide bonds. The molecule has 0 bridgehead atoms. The third-order valence-corrected chi connectivity index (χ3v) is 14.3. The van der Waals surface area contributed by atoms with E-state index < -0.39 is 126 Å². The molecular formula is C60H82N14O13. The Morgan fingerprint density at radius 3 is 2.02 bits per heavy atom. The lowest BCUT2D eigenvalue weighted by atomic mass is 10.0. The van der Waals surface area contributed by atoms with Crippen molar-refractivity contribution in [2.75, 3.05) is 20.1 Å². The van der Waals surface area contributed by atoms with Gasteiger partial charge >= 0.3 is 0 Å². The summed E-state index contributed by atoms with van der Waals surface area (Å²) in [5, 5.41) is 63.9. The highest BCUT2D eigenvalue weighted by molar-refractivity contribution is 5.98. The van der Waals surface area contributed by atoms with Crippen LogP contribution in [0.1, 0.15) is 82.9 Å². The van der Waals surface area contributed by atoms with E-state index in [1.165, 1.54) is 50.3 Å². The Kier molecular flexibility index (Phi) is 26.2. The second-order valence-electron chi connectivity index (χ2n) is 21.9. The topological polar surface area (TPSA) is 435 Å². The number of nitrogens with zero attached hydrogens (tertiary/aromatic N) is 1. The number of nitrogens with one attached hydrogen (secondary N) is 11. The third kappa shape index (κ3) is 21.9. The molecule has 1 aromatic heterocycles. The van der Waals surface area contributed by atoms with Gasteiger partial charge in [-0.1, -0.05) is 86.7 Å². The number of rotatable bonds is 32.